The number of nitrogens with one attached hydrogen (secondary N) is 1. The molecule has 0 atom stereocenters. The molecule has 12 heteroatoms. The highest BCUT2D eigenvalue weighted by atomic mass is 19.4. The Morgan fingerprint density at radius 1 is 1.00 bits per heavy atom. The summed E-state index contributed by atoms with van der Waals surface area (Å²) in [6.07, 6.45) is 2.58. The first-order valence-corrected chi connectivity index (χ1v) is 12.0. The Labute approximate surface area is 220 Å². The fraction of sp³-hybridized carbons (Fsp3) is 0.222. The molecule has 0 bridgehead atoms. The smallest absolute Gasteiger partial charge is 0.475 e. The zero-order valence-corrected chi connectivity index (χ0v) is 21.1. The summed E-state index contributed by atoms with van der Waals surface area (Å²) in [6, 6.07) is 16.1. The van der Waals surface area contributed by atoms with E-state index in [1.54, 1.807) is 24.7 Å². The van der Waals surface area contributed by atoms with Crippen molar-refractivity contribution in [1.29, 1.82) is 0 Å². The van der Waals surface area contributed by atoms with Crippen LogP contribution in [-0.4, -0.2) is 53.8 Å². The molecule has 5 rings (SSSR count). The molecule has 0 saturated heterocycles. The maximum Gasteiger partial charge on any atom is 0.490 e. The number of alkyl halides is 3. The normalized spacial score (nSPS) is 11.4. The Hall–Kier alpha value is -4.74. The predicted molar refractivity (Wildman–Crippen MR) is 139 cm³/mol. The third-order valence-corrected chi connectivity index (χ3v) is 5.82. The van der Waals surface area contributed by atoms with Gasteiger partial charge >= 0.3 is 12.1 Å². The average Bonchev–Trinajstić information content (AvgIpc) is 3.44. The number of aliphatic carboxylic acids is 1. The van der Waals surface area contributed by atoms with Gasteiger partial charge in [0.15, 0.2) is 0 Å². The standard InChI is InChI=1S/C25H24N6O.C2HF3O2/c1-17(2)30-20-9-4-3-8-19(20)23-21(30)15-22(31(23)25-28-12-6-13-29-25)24(32)27-14-10-18-7-5-11-26-16-18;3-2(4,5)1(6)7/h3-9,11-13,15-17H,10,14H2,1-2H3,(H,27,32);(H,6,7). The van der Waals surface area contributed by atoms with Gasteiger partial charge in [-0.3, -0.25) is 14.3 Å². The molecule has 0 spiro atoms. The quantitative estimate of drug-likeness (QED) is 0.316. The lowest BCUT2D eigenvalue weighted by Crippen LogP contribution is -2.28. The second kappa shape index (κ2) is 11.3. The van der Waals surface area contributed by atoms with Crippen LogP contribution in [0, 0.1) is 0 Å². The first-order valence-electron chi connectivity index (χ1n) is 12.0. The van der Waals surface area contributed by atoms with Crippen LogP contribution in [-0.2, 0) is 11.2 Å². The third-order valence-electron chi connectivity index (χ3n) is 5.82. The van der Waals surface area contributed by atoms with E-state index in [1.165, 1.54) is 0 Å². The number of hydrogen-bond acceptors (Lipinski definition) is 5. The van der Waals surface area contributed by atoms with Gasteiger partial charge < -0.3 is 15.0 Å². The number of amides is 1. The summed E-state index contributed by atoms with van der Waals surface area (Å²) in [5, 5.41) is 11.2. The van der Waals surface area contributed by atoms with Gasteiger partial charge in [-0.05, 0) is 50.1 Å². The lowest BCUT2D eigenvalue weighted by atomic mass is 10.2. The molecule has 0 aliphatic carbocycles. The van der Waals surface area contributed by atoms with Crippen LogP contribution in [0.4, 0.5) is 13.2 Å². The molecule has 5 aromatic rings. The van der Waals surface area contributed by atoms with E-state index in [0.717, 1.165) is 27.5 Å². The van der Waals surface area contributed by atoms with E-state index in [1.807, 2.05) is 41.1 Å². The number of benzene rings is 1. The van der Waals surface area contributed by atoms with Gasteiger partial charge in [0, 0.05) is 42.8 Å². The van der Waals surface area contributed by atoms with Crippen LogP contribution < -0.4 is 5.32 Å². The van der Waals surface area contributed by atoms with Crippen molar-refractivity contribution >= 4 is 33.8 Å². The van der Waals surface area contributed by atoms with Crippen LogP contribution in [0.3, 0.4) is 0 Å². The van der Waals surface area contributed by atoms with E-state index in [2.05, 4.69) is 50.8 Å². The Bertz CT molecular complexity index is 1600. The first-order chi connectivity index (χ1) is 18.6. The highest BCUT2D eigenvalue weighted by molar-refractivity contribution is 6.11. The maximum absolute atomic E-state index is 13.3. The topological polar surface area (TPSA) is 115 Å². The van der Waals surface area contributed by atoms with E-state index >= 15 is 0 Å². The molecule has 1 aromatic carbocycles. The SMILES string of the molecule is CC(C)n1c2ccccc2c2c1cc(C(=O)NCCc1cccnc1)n2-c1ncccn1.O=C(O)C(F)(F)F. The molecule has 0 fully saturated rings. The molecule has 0 radical (unpaired) electrons. The zero-order valence-electron chi connectivity index (χ0n) is 21.1. The number of carbonyl (C=O) groups is 2. The average molecular weight is 539 g/mol. The monoisotopic (exact) mass is 538 g/mol. The molecule has 202 valence electrons. The van der Waals surface area contributed by atoms with Gasteiger partial charge in [0.05, 0.1) is 16.6 Å². The number of rotatable bonds is 6. The van der Waals surface area contributed by atoms with Crippen molar-refractivity contribution in [1.82, 2.24) is 29.4 Å². The Morgan fingerprint density at radius 2 is 1.69 bits per heavy atom. The third kappa shape index (κ3) is 5.89. The number of nitrogens with zero attached hydrogens (tertiary/aromatic N) is 5. The number of fused-ring (bicyclic) bond motifs is 3. The van der Waals surface area contributed by atoms with E-state index < -0.39 is 12.1 Å². The largest absolute Gasteiger partial charge is 0.490 e. The van der Waals surface area contributed by atoms with Gasteiger partial charge in [-0.25, -0.2) is 14.8 Å². The first kappa shape index (κ1) is 27.3. The number of carboxylic acid groups (broad SMARTS) is 1. The highest BCUT2D eigenvalue weighted by Gasteiger charge is 2.38. The molecule has 9 nitrogen and oxygen atoms in total. The molecule has 0 aliphatic rings. The molecule has 0 aliphatic heterocycles. The number of halogens is 3. The molecule has 4 heterocycles. The Morgan fingerprint density at radius 3 is 2.31 bits per heavy atom. The van der Waals surface area contributed by atoms with Crippen molar-refractivity contribution < 1.29 is 27.9 Å². The lowest BCUT2D eigenvalue weighted by Gasteiger charge is -2.11. The van der Waals surface area contributed by atoms with Gasteiger partial charge in [0.25, 0.3) is 5.91 Å². The zero-order chi connectivity index (χ0) is 28.2. The number of para-hydroxylation sites is 1. The molecule has 39 heavy (non-hydrogen) atoms. The minimum absolute atomic E-state index is 0.156. The maximum atomic E-state index is 13.3. The van der Waals surface area contributed by atoms with Gasteiger partial charge in [-0.15, -0.1) is 0 Å². The Kier molecular flexibility index (Phi) is 7.93. The molecule has 0 saturated carbocycles. The van der Waals surface area contributed by atoms with E-state index in [-0.39, 0.29) is 11.9 Å². The van der Waals surface area contributed by atoms with Crippen molar-refractivity contribution in [3.05, 3.63) is 84.6 Å². The predicted octanol–water partition coefficient (Wildman–Crippen LogP) is 4.96. The van der Waals surface area contributed by atoms with Crippen LogP contribution in [0.15, 0.2) is 73.3 Å². The summed E-state index contributed by atoms with van der Waals surface area (Å²) in [6.45, 7) is 4.81. The number of pyridine rings is 1. The van der Waals surface area contributed by atoms with Crippen LogP contribution in [0.1, 0.15) is 35.9 Å². The molecular weight excluding hydrogens is 513 g/mol. The Balaban J connectivity index is 0.000000448. The van der Waals surface area contributed by atoms with Crippen molar-refractivity contribution in [2.75, 3.05) is 6.54 Å². The van der Waals surface area contributed by atoms with Crippen molar-refractivity contribution in [3.63, 3.8) is 0 Å². The molecular formula is C27H25F3N6O3. The second-order valence-corrected chi connectivity index (χ2v) is 8.80. The number of carboxylic acids is 1. The molecule has 4 aromatic heterocycles. The van der Waals surface area contributed by atoms with Crippen molar-refractivity contribution in [2.45, 2.75) is 32.5 Å². The van der Waals surface area contributed by atoms with Crippen LogP contribution in [0.5, 0.6) is 0 Å². The van der Waals surface area contributed by atoms with E-state index in [0.29, 0.717) is 24.6 Å². The number of carbonyl (C=O) groups excluding carboxylic acids is 1. The van der Waals surface area contributed by atoms with Gasteiger partial charge in [0.1, 0.15) is 5.69 Å². The van der Waals surface area contributed by atoms with Gasteiger partial charge in [-0.2, -0.15) is 13.2 Å². The van der Waals surface area contributed by atoms with Crippen LogP contribution >= 0.6 is 0 Å². The summed E-state index contributed by atoms with van der Waals surface area (Å²) in [5.74, 6) is -2.43. The summed E-state index contributed by atoms with van der Waals surface area (Å²) < 4.78 is 35.9. The highest BCUT2D eigenvalue weighted by Crippen LogP contribution is 2.35. The number of hydrogen-bond donors (Lipinski definition) is 2. The van der Waals surface area contributed by atoms with Crippen LogP contribution in [0.25, 0.3) is 27.9 Å². The second-order valence-electron chi connectivity index (χ2n) is 8.80. The number of aromatic nitrogens is 5. The molecule has 2 N–H and O–H groups in total. The summed E-state index contributed by atoms with van der Waals surface area (Å²) in [4.78, 5) is 35.2. The fourth-order valence-corrected chi connectivity index (χ4v) is 4.25. The fourth-order valence-electron chi connectivity index (χ4n) is 4.25. The van der Waals surface area contributed by atoms with Gasteiger partial charge in [-0.1, -0.05) is 24.3 Å². The summed E-state index contributed by atoms with van der Waals surface area (Å²) in [5.41, 5.74) is 4.66. The van der Waals surface area contributed by atoms with Gasteiger partial charge in [0.2, 0.25) is 5.95 Å². The minimum Gasteiger partial charge on any atom is -0.475 e. The summed E-state index contributed by atoms with van der Waals surface area (Å²) >= 11 is 0. The molecule has 1 amide bonds. The minimum atomic E-state index is -5.08. The summed E-state index contributed by atoms with van der Waals surface area (Å²) in [7, 11) is 0. The van der Waals surface area contributed by atoms with E-state index in [4.69, 9.17) is 9.90 Å². The lowest BCUT2D eigenvalue weighted by molar-refractivity contribution is -0.192. The molecule has 0 unspecified atom stereocenters. The van der Waals surface area contributed by atoms with E-state index in [9.17, 15) is 18.0 Å². The van der Waals surface area contributed by atoms with Crippen molar-refractivity contribution in [3.8, 4) is 5.95 Å². The van der Waals surface area contributed by atoms with Crippen molar-refractivity contribution in [2.24, 2.45) is 0 Å². The van der Waals surface area contributed by atoms with Crippen LogP contribution in [0.2, 0.25) is 0 Å².